The molecule has 1 aliphatic heterocycles. The molecule has 2 aliphatic rings. The number of hydrogen-bond acceptors (Lipinski definition) is 5. The molecular weight excluding hydrogens is 520 g/mol. The lowest BCUT2D eigenvalue weighted by molar-refractivity contribution is -0.124. The number of carbonyl (C=O) groups is 1. The fraction of sp³-hybridized carbons (Fsp3) is 0.548. The van der Waals surface area contributed by atoms with E-state index in [1.165, 1.54) is 16.5 Å². The maximum atomic E-state index is 14.0. The Bertz CT molecular complexity index is 1380. The Kier molecular flexibility index (Phi) is 8.38. The summed E-state index contributed by atoms with van der Waals surface area (Å²) in [4.78, 5) is 19.6. The molecule has 0 bridgehead atoms. The zero-order valence-electron chi connectivity index (χ0n) is 24.8. The van der Waals surface area contributed by atoms with Crippen molar-refractivity contribution in [1.29, 1.82) is 0 Å². The van der Waals surface area contributed by atoms with Crippen molar-refractivity contribution in [2.24, 2.45) is 0 Å². The minimum absolute atomic E-state index is 0.102. The van der Waals surface area contributed by atoms with Crippen LogP contribution in [0.4, 0.5) is 5.69 Å². The number of ether oxygens (including phenoxy) is 3. The van der Waals surface area contributed by atoms with Crippen LogP contribution >= 0.6 is 0 Å². The van der Waals surface area contributed by atoms with Gasteiger partial charge in [-0.1, -0.05) is 25.7 Å². The molecule has 0 saturated carbocycles. The number of nitrogens with zero attached hydrogens (tertiary/aromatic N) is 3. The fourth-order valence-electron chi connectivity index (χ4n) is 6.22. The van der Waals surface area contributed by atoms with Crippen molar-refractivity contribution in [1.82, 2.24) is 14.8 Å². The second-order valence-electron chi connectivity index (χ2n) is 12.4. The Balaban J connectivity index is 1.55. The smallest absolute Gasteiger partial charge is 0.238 e. The van der Waals surface area contributed by atoms with Crippen molar-refractivity contribution in [3.63, 3.8) is 0 Å². The van der Waals surface area contributed by atoms with Gasteiger partial charge in [0.1, 0.15) is 12.4 Å². The van der Waals surface area contributed by atoms with Gasteiger partial charge in [-0.15, -0.1) is 6.58 Å². The van der Waals surface area contributed by atoms with E-state index in [1.54, 1.807) is 20.3 Å². The number of benzene rings is 1. The number of amides is 1. The summed E-state index contributed by atoms with van der Waals surface area (Å²) in [5, 5.41) is 6.15. The summed E-state index contributed by atoms with van der Waals surface area (Å²) in [5.41, 5.74) is 7.00. The summed E-state index contributed by atoms with van der Waals surface area (Å²) >= 11 is 0. The van der Waals surface area contributed by atoms with Crippen molar-refractivity contribution in [3.8, 4) is 11.4 Å². The minimum atomic E-state index is -1.13. The molecule has 1 aliphatic carbocycles. The molecule has 0 atom stereocenters. The van der Waals surface area contributed by atoms with Gasteiger partial charge in [-0.05, 0) is 67.0 Å². The van der Waals surface area contributed by atoms with Crippen molar-refractivity contribution < 1.29 is 19.0 Å². The van der Waals surface area contributed by atoms with E-state index in [2.05, 4.69) is 49.5 Å². The van der Waals surface area contributed by atoms with Gasteiger partial charge in [0.2, 0.25) is 5.91 Å². The molecule has 0 saturated heterocycles. The van der Waals surface area contributed by atoms with Gasteiger partial charge in [-0.3, -0.25) is 4.79 Å². The average Bonchev–Trinajstić information content (AvgIpc) is 3.51. The van der Waals surface area contributed by atoms with Gasteiger partial charge in [-0.2, -0.15) is 5.10 Å². The Labute approximate surface area is 238 Å². The number of H-pyrrole nitrogens is 1. The predicted octanol–water partition coefficient (Wildman–Crippen LogP) is 5.68. The van der Waals surface area contributed by atoms with E-state index in [1.807, 2.05) is 9.58 Å². The normalized spacial score (nSPS) is 16.2. The standard InChI is InChI=1S/C31H44N4O4Si/c1-7-13-35-27-18-24-23-10-8-9-22-20-34(21-39-16-17-40(4,5)6)33-28(22)29(23)32-26(24)19-25(27)31(30(35)36,11-14-37-2)12-15-38-3/h7,18-20,32H,1,8-17,21H2,2-6H3. The van der Waals surface area contributed by atoms with Crippen molar-refractivity contribution in [2.45, 2.75) is 69.9 Å². The molecule has 8 nitrogen and oxygen atoms in total. The Hall–Kier alpha value is -2.72. The van der Waals surface area contributed by atoms with Crippen molar-refractivity contribution >= 4 is 30.6 Å². The van der Waals surface area contributed by atoms with Crippen LogP contribution in [0, 0.1) is 0 Å². The number of nitrogens with one attached hydrogen (secondary N) is 1. The van der Waals surface area contributed by atoms with Gasteiger partial charge >= 0.3 is 0 Å². The van der Waals surface area contributed by atoms with E-state index >= 15 is 0 Å². The van der Waals surface area contributed by atoms with Gasteiger partial charge in [0, 0.05) is 71.4 Å². The van der Waals surface area contributed by atoms with Crippen LogP contribution in [0.2, 0.25) is 25.7 Å². The summed E-state index contributed by atoms with van der Waals surface area (Å²) in [5.74, 6) is 0.102. The molecule has 1 amide bonds. The largest absolute Gasteiger partial charge is 0.385 e. The SMILES string of the molecule is C=CCN1C(=O)C(CCOC)(CCOC)c2cc3[nH]c4c(c3cc21)CCCc1cn(COCC[Si](C)(C)C)nc1-4. The van der Waals surface area contributed by atoms with E-state index in [0.29, 0.717) is 39.3 Å². The minimum Gasteiger partial charge on any atom is -0.385 e. The third kappa shape index (κ3) is 5.32. The third-order valence-electron chi connectivity index (χ3n) is 8.43. The number of rotatable bonds is 13. The zero-order valence-corrected chi connectivity index (χ0v) is 25.8. The number of carbonyl (C=O) groups excluding carboxylic acids is 1. The van der Waals surface area contributed by atoms with Crippen LogP contribution in [0.3, 0.4) is 0 Å². The molecule has 1 aromatic carbocycles. The Morgan fingerprint density at radius 1 is 1.12 bits per heavy atom. The lowest BCUT2D eigenvalue weighted by atomic mass is 9.76. The predicted molar refractivity (Wildman–Crippen MR) is 163 cm³/mol. The molecule has 2 aromatic heterocycles. The highest BCUT2D eigenvalue weighted by atomic mass is 28.3. The van der Waals surface area contributed by atoms with Gasteiger partial charge < -0.3 is 24.1 Å². The van der Waals surface area contributed by atoms with E-state index < -0.39 is 13.5 Å². The molecule has 40 heavy (non-hydrogen) atoms. The first-order valence-corrected chi connectivity index (χ1v) is 18.2. The number of hydrogen-bond donors (Lipinski definition) is 1. The van der Waals surface area contributed by atoms with E-state index in [0.717, 1.165) is 60.1 Å². The second kappa shape index (κ2) is 11.6. The van der Waals surface area contributed by atoms with Gasteiger partial charge in [0.15, 0.2) is 0 Å². The van der Waals surface area contributed by atoms with Gasteiger partial charge in [0.25, 0.3) is 0 Å². The highest BCUT2D eigenvalue weighted by Gasteiger charge is 2.50. The molecule has 0 radical (unpaired) electrons. The van der Waals surface area contributed by atoms with Gasteiger partial charge in [-0.25, -0.2) is 4.68 Å². The highest BCUT2D eigenvalue weighted by Crippen LogP contribution is 2.49. The lowest BCUT2D eigenvalue weighted by Crippen LogP contribution is -2.42. The van der Waals surface area contributed by atoms with E-state index in [-0.39, 0.29) is 5.91 Å². The monoisotopic (exact) mass is 564 g/mol. The number of methoxy groups -OCH3 is 2. The molecule has 3 aromatic rings. The maximum Gasteiger partial charge on any atom is 0.238 e. The number of fused-ring (bicyclic) bond motifs is 6. The van der Waals surface area contributed by atoms with Crippen LogP contribution in [0.5, 0.6) is 0 Å². The van der Waals surface area contributed by atoms with Gasteiger partial charge in [0.05, 0.1) is 11.1 Å². The van der Waals surface area contributed by atoms with Crippen LogP contribution in [0.25, 0.3) is 22.3 Å². The molecular formula is C31H44N4O4Si. The first-order chi connectivity index (χ1) is 19.2. The quantitative estimate of drug-likeness (QED) is 0.164. The molecule has 9 heteroatoms. The zero-order chi connectivity index (χ0) is 28.5. The van der Waals surface area contributed by atoms with Crippen LogP contribution in [-0.2, 0) is 44.0 Å². The molecule has 216 valence electrons. The maximum absolute atomic E-state index is 14.0. The molecule has 0 fully saturated rings. The first-order valence-electron chi connectivity index (χ1n) is 14.5. The number of aromatic amines is 1. The molecule has 3 heterocycles. The molecule has 0 unspecified atom stereocenters. The van der Waals surface area contributed by atoms with E-state index in [4.69, 9.17) is 19.3 Å². The molecule has 0 spiro atoms. The Morgan fingerprint density at radius 2 is 1.88 bits per heavy atom. The summed E-state index contributed by atoms with van der Waals surface area (Å²) in [6.45, 7) is 13.7. The lowest BCUT2D eigenvalue weighted by Gasteiger charge is -2.28. The topological polar surface area (TPSA) is 81.6 Å². The molecule has 1 N–H and O–H groups in total. The summed E-state index contributed by atoms with van der Waals surface area (Å²) in [6, 6.07) is 5.55. The summed E-state index contributed by atoms with van der Waals surface area (Å²) < 4.78 is 18.9. The number of aryl methyl sites for hydroxylation is 2. The van der Waals surface area contributed by atoms with Crippen LogP contribution < -0.4 is 4.90 Å². The summed E-state index contributed by atoms with van der Waals surface area (Å²) in [7, 11) is 2.24. The van der Waals surface area contributed by atoms with Crippen molar-refractivity contribution in [2.75, 3.05) is 45.5 Å². The first kappa shape index (κ1) is 28.8. The Morgan fingerprint density at radius 3 is 2.55 bits per heavy atom. The second-order valence-corrected chi connectivity index (χ2v) is 18.0. The number of anilines is 1. The van der Waals surface area contributed by atoms with Crippen LogP contribution in [0.1, 0.15) is 36.0 Å². The van der Waals surface area contributed by atoms with E-state index in [9.17, 15) is 4.79 Å². The number of aromatic nitrogens is 3. The molecule has 5 rings (SSSR count). The fourth-order valence-corrected chi connectivity index (χ4v) is 6.98. The highest BCUT2D eigenvalue weighted by molar-refractivity contribution is 6.76. The summed E-state index contributed by atoms with van der Waals surface area (Å²) in [6.07, 6.45) is 8.15. The average molecular weight is 565 g/mol. The van der Waals surface area contributed by atoms with Crippen LogP contribution in [0.15, 0.2) is 31.0 Å². The van der Waals surface area contributed by atoms with Crippen LogP contribution in [-0.4, -0.2) is 69.3 Å². The third-order valence-corrected chi connectivity index (χ3v) is 10.1. The van der Waals surface area contributed by atoms with Crippen molar-refractivity contribution in [3.05, 3.63) is 47.7 Å².